The minimum atomic E-state index is 0.678. The van der Waals surface area contributed by atoms with Gasteiger partial charge in [-0.25, -0.2) is 4.98 Å². The Hall–Kier alpha value is -1.87. The van der Waals surface area contributed by atoms with E-state index in [1.54, 1.807) is 0 Å². The van der Waals surface area contributed by atoms with Crippen molar-refractivity contribution in [2.75, 3.05) is 0 Å². The second kappa shape index (κ2) is 5.86. The molecule has 1 fully saturated rings. The van der Waals surface area contributed by atoms with Crippen LogP contribution in [0, 0.1) is 20.8 Å². The molecule has 1 N–H and O–H groups in total. The number of benzene rings is 1. The fourth-order valence-electron chi connectivity index (χ4n) is 2.45. The fourth-order valence-corrected chi connectivity index (χ4v) is 2.45. The van der Waals surface area contributed by atoms with Crippen LogP contribution in [0.5, 0.6) is 11.6 Å². The third-order valence-electron chi connectivity index (χ3n) is 3.79. The minimum absolute atomic E-state index is 0.678. The first-order valence-electron chi connectivity index (χ1n) is 7.57. The molecule has 0 saturated heterocycles. The van der Waals surface area contributed by atoms with Crippen LogP contribution in [0.1, 0.15) is 35.2 Å². The van der Waals surface area contributed by atoms with Crippen LogP contribution >= 0.6 is 0 Å². The van der Waals surface area contributed by atoms with Gasteiger partial charge in [0, 0.05) is 23.8 Å². The van der Waals surface area contributed by atoms with Crippen molar-refractivity contribution in [2.45, 2.75) is 46.2 Å². The topological polar surface area (TPSA) is 34.1 Å². The largest absolute Gasteiger partial charge is 0.439 e. The Bertz CT molecular complexity index is 648. The molecule has 3 rings (SSSR count). The number of nitrogens with zero attached hydrogens (tertiary/aromatic N) is 1. The molecule has 110 valence electrons. The molecule has 1 aliphatic carbocycles. The first-order valence-corrected chi connectivity index (χ1v) is 7.57. The van der Waals surface area contributed by atoms with Crippen molar-refractivity contribution in [3.05, 3.63) is 52.7 Å². The monoisotopic (exact) mass is 282 g/mol. The van der Waals surface area contributed by atoms with Gasteiger partial charge in [-0.1, -0.05) is 12.1 Å². The molecule has 0 spiro atoms. The molecule has 0 atom stereocenters. The number of hydrogen-bond donors (Lipinski definition) is 1. The Kier molecular flexibility index (Phi) is 3.93. The summed E-state index contributed by atoms with van der Waals surface area (Å²) in [7, 11) is 0. The number of aryl methyl sites for hydroxylation is 3. The Balaban J connectivity index is 1.87. The molecule has 1 aromatic heterocycles. The van der Waals surface area contributed by atoms with E-state index in [1.165, 1.54) is 24.0 Å². The highest BCUT2D eigenvalue weighted by atomic mass is 16.5. The highest BCUT2D eigenvalue weighted by molar-refractivity contribution is 5.39. The first-order chi connectivity index (χ1) is 10.1. The average Bonchev–Trinajstić information content (AvgIpc) is 3.21. The van der Waals surface area contributed by atoms with Gasteiger partial charge < -0.3 is 10.1 Å². The van der Waals surface area contributed by atoms with Gasteiger partial charge in [0.2, 0.25) is 5.88 Å². The van der Waals surface area contributed by atoms with Crippen molar-refractivity contribution in [1.29, 1.82) is 0 Å². The summed E-state index contributed by atoms with van der Waals surface area (Å²) in [6, 6.07) is 10.9. The Morgan fingerprint density at radius 3 is 2.71 bits per heavy atom. The number of pyridine rings is 1. The van der Waals surface area contributed by atoms with Crippen LogP contribution in [0.2, 0.25) is 0 Å². The van der Waals surface area contributed by atoms with Gasteiger partial charge in [-0.3, -0.25) is 0 Å². The zero-order valence-electron chi connectivity index (χ0n) is 12.9. The van der Waals surface area contributed by atoms with Crippen molar-refractivity contribution in [3.63, 3.8) is 0 Å². The minimum Gasteiger partial charge on any atom is -0.439 e. The quantitative estimate of drug-likeness (QED) is 0.898. The second-order valence-electron chi connectivity index (χ2n) is 5.94. The van der Waals surface area contributed by atoms with E-state index in [0.717, 1.165) is 29.4 Å². The molecule has 1 heterocycles. The number of ether oxygens (including phenoxy) is 1. The predicted molar refractivity (Wildman–Crippen MR) is 84.8 cm³/mol. The fraction of sp³-hybridized carbons (Fsp3) is 0.389. The number of rotatable bonds is 5. The van der Waals surface area contributed by atoms with Gasteiger partial charge in [0.05, 0.1) is 0 Å². The Morgan fingerprint density at radius 2 is 2.00 bits per heavy atom. The molecule has 1 aliphatic rings. The average molecular weight is 282 g/mol. The van der Waals surface area contributed by atoms with E-state index in [9.17, 15) is 0 Å². The second-order valence-corrected chi connectivity index (χ2v) is 5.94. The third kappa shape index (κ3) is 3.61. The van der Waals surface area contributed by atoms with Crippen molar-refractivity contribution >= 4 is 0 Å². The molecule has 2 aromatic rings. The molecule has 21 heavy (non-hydrogen) atoms. The van der Waals surface area contributed by atoms with E-state index in [-0.39, 0.29) is 0 Å². The highest BCUT2D eigenvalue weighted by Crippen LogP contribution is 2.28. The lowest BCUT2D eigenvalue weighted by atomic mass is 10.1. The SMILES string of the molecule is Cc1cccc(Oc2nc(C)cc(C)c2CNC2CC2)c1. The predicted octanol–water partition coefficient (Wildman–Crippen LogP) is 4.05. The lowest BCUT2D eigenvalue weighted by Crippen LogP contribution is -2.17. The van der Waals surface area contributed by atoms with Crippen LogP contribution in [0.4, 0.5) is 0 Å². The molecule has 0 amide bonds. The van der Waals surface area contributed by atoms with Crippen LogP contribution in [0.3, 0.4) is 0 Å². The molecule has 0 bridgehead atoms. The van der Waals surface area contributed by atoms with E-state index < -0.39 is 0 Å². The summed E-state index contributed by atoms with van der Waals surface area (Å²) in [6.45, 7) is 7.03. The van der Waals surface area contributed by atoms with Gasteiger partial charge in [0.25, 0.3) is 0 Å². The Labute approximate surface area is 126 Å². The molecule has 1 saturated carbocycles. The van der Waals surface area contributed by atoms with Crippen molar-refractivity contribution in [2.24, 2.45) is 0 Å². The zero-order chi connectivity index (χ0) is 14.8. The van der Waals surface area contributed by atoms with Crippen LogP contribution < -0.4 is 10.1 Å². The van der Waals surface area contributed by atoms with Crippen molar-refractivity contribution in [1.82, 2.24) is 10.3 Å². The maximum absolute atomic E-state index is 6.05. The first kappa shape index (κ1) is 14.1. The third-order valence-corrected chi connectivity index (χ3v) is 3.79. The summed E-state index contributed by atoms with van der Waals surface area (Å²) >= 11 is 0. The standard InChI is InChI=1S/C18H22N2O/c1-12-5-4-6-16(9-12)21-18-17(11-19-15-7-8-15)13(2)10-14(3)20-18/h4-6,9-10,15,19H,7-8,11H2,1-3H3. The van der Waals surface area contributed by atoms with E-state index in [2.05, 4.69) is 36.3 Å². The summed E-state index contributed by atoms with van der Waals surface area (Å²) in [6.07, 6.45) is 2.57. The summed E-state index contributed by atoms with van der Waals surface area (Å²) in [5.74, 6) is 1.58. The molecule has 0 aliphatic heterocycles. The van der Waals surface area contributed by atoms with E-state index in [0.29, 0.717) is 6.04 Å². The van der Waals surface area contributed by atoms with Crippen LogP contribution in [0.15, 0.2) is 30.3 Å². The van der Waals surface area contributed by atoms with E-state index >= 15 is 0 Å². The van der Waals surface area contributed by atoms with E-state index in [1.807, 2.05) is 25.1 Å². The lowest BCUT2D eigenvalue weighted by molar-refractivity contribution is 0.450. The molecule has 3 heteroatoms. The highest BCUT2D eigenvalue weighted by Gasteiger charge is 2.21. The summed E-state index contributed by atoms with van der Waals surface area (Å²) in [5.41, 5.74) is 4.58. The molecule has 0 radical (unpaired) electrons. The summed E-state index contributed by atoms with van der Waals surface area (Å²) in [5, 5.41) is 3.55. The molecule has 1 aromatic carbocycles. The van der Waals surface area contributed by atoms with Crippen LogP contribution in [-0.4, -0.2) is 11.0 Å². The van der Waals surface area contributed by atoms with E-state index in [4.69, 9.17) is 4.74 Å². The van der Waals surface area contributed by atoms with Crippen LogP contribution in [0.25, 0.3) is 0 Å². The summed E-state index contributed by atoms with van der Waals surface area (Å²) in [4.78, 5) is 4.60. The number of nitrogens with one attached hydrogen (secondary N) is 1. The molecule has 0 unspecified atom stereocenters. The maximum Gasteiger partial charge on any atom is 0.224 e. The van der Waals surface area contributed by atoms with Gasteiger partial charge >= 0.3 is 0 Å². The van der Waals surface area contributed by atoms with Gasteiger partial charge in [0.1, 0.15) is 5.75 Å². The number of aromatic nitrogens is 1. The molecule has 3 nitrogen and oxygen atoms in total. The van der Waals surface area contributed by atoms with Crippen LogP contribution in [-0.2, 0) is 6.54 Å². The Morgan fingerprint density at radius 1 is 1.19 bits per heavy atom. The summed E-state index contributed by atoms with van der Waals surface area (Å²) < 4.78 is 6.05. The number of hydrogen-bond acceptors (Lipinski definition) is 3. The van der Waals surface area contributed by atoms with Gasteiger partial charge in [-0.15, -0.1) is 0 Å². The molecular weight excluding hydrogens is 260 g/mol. The van der Waals surface area contributed by atoms with Gasteiger partial charge in [-0.05, 0) is 62.9 Å². The van der Waals surface area contributed by atoms with Gasteiger partial charge in [0.15, 0.2) is 0 Å². The van der Waals surface area contributed by atoms with Crippen molar-refractivity contribution in [3.8, 4) is 11.6 Å². The maximum atomic E-state index is 6.05. The molecular formula is C18H22N2O. The normalized spacial score (nSPS) is 14.2. The smallest absolute Gasteiger partial charge is 0.224 e. The van der Waals surface area contributed by atoms with Gasteiger partial charge in [-0.2, -0.15) is 0 Å². The van der Waals surface area contributed by atoms with Crippen molar-refractivity contribution < 1.29 is 4.74 Å². The zero-order valence-corrected chi connectivity index (χ0v) is 12.9. The lowest BCUT2D eigenvalue weighted by Gasteiger charge is -2.14.